The molecule has 156 valence electrons. The highest BCUT2D eigenvalue weighted by Crippen LogP contribution is 2.33. The number of rotatable bonds is 4. The van der Waals surface area contributed by atoms with Crippen LogP contribution in [-0.2, 0) is 0 Å². The van der Waals surface area contributed by atoms with Crippen LogP contribution in [0, 0.1) is 11.8 Å². The van der Waals surface area contributed by atoms with Gasteiger partial charge in [-0.3, -0.25) is 15.8 Å². The first-order valence-corrected chi connectivity index (χ1v) is 11.8. The fraction of sp³-hybridized carbons (Fsp3) is 1.00. The van der Waals surface area contributed by atoms with E-state index < -0.39 is 6.17 Å². The van der Waals surface area contributed by atoms with E-state index in [4.69, 9.17) is 23.2 Å². The number of hydrogen-bond acceptors (Lipinski definition) is 4. The van der Waals surface area contributed by atoms with E-state index in [9.17, 15) is 4.39 Å². The minimum Gasteiger partial charge on any atom is -0.300 e. The van der Waals surface area contributed by atoms with Gasteiger partial charge in [-0.1, -0.05) is 0 Å². The predicted molar refractivity (Wildman–Crippen MR) is 110 cm³/mol. The topological polar surface area (TPSA) is 30.5 Å². The smallest absolute Gasteiger partial charge is 0.100 e. The Kier molecular flexibility index (Phi) is 7.21. The Morgan fingerprint density at radius 1 is 0.889 bits per heavy atom. The second-order valence-corrected chi connectivity index (χ2v) is 10.3. The van der Waals surface area contributed by atoms with E-state index in [-0.39, 0.29) is 10.8 Å². The van der Waals surface area contributed by atoms with Gasteiger partial charge < -0.3 is 4.90 Å². The molecule has 0 bridgehead atoms. The van der Waals surface area contributed by atoms with Gasteiger partial charge >= 0.3 is 0 Å². The summed E-state index contributed by atoms with van der Waals surface area (Å²) in [6.45, 7) is 6.77. The fourth-order valence-electron chi connectivity index (χ4n) is 5.70. The van der Waals surface area contributed by atoms with E-state index in [1.807, 2.05) is 0 Å². The van der Waals surface area contributed by atoms with Gasteiger partial charge in [0.2, 0.25) is 0 Å². The van der Waals surface area contributed by atoms with Crippen molar-refractivity contribution >= 4 is 23.2 Å². The second-order valence-electron chi connectivity index (χ2n) is 9.16. The van der Waals surface area contributed by atoms with E-state index >= 15 is 0 Å². The molecule has 4 fully saturated rings. The second kappa shape index (κ2) is 9.44. The van der Waals surface area contributed by atoms with Crippen LogP contribution < -0.4 is 10.9 Å². The zero-order valence-corrected chi connectivity index (χ0v) is 17.8. The number of hydrogen-bond donors (Lipinski definition) is 2. The van der Waals surface area contributed by atoms with Gasteiger partial charge in [0.25, 0.3) is 0 Å². The van der Waals surface area contributed by atoms with Gasteiger partial charge in [0.15, 0.2) is 0 Å². The summed E-state index contributed by atoms with van der Waals surface area (Å²) in [5.74, 6) is 1.27. The summed E-state index contributed by atoms with van der Waals surface area (Å²) >= 11 is 12.7. The Hall–Kier alpha value is 0.350. The number of alkyl halides is 3. The lowest BCUT2D eigenvalue weighted by Gasteiger charge is -2.43. The summed E-state index contributed by atoms with van der Waals surface area (Å²) < 4.78 is 13.5. The summed E-state index contributed by atoms with van der Waals surface area (Å²) in [5, 5.41) is 0.273. The zero-order chi connectivity index (χ0) is 18.8. The molecule has 27 heavy (non-hydrogen) atoms. The summed E-state index contributed by atoms with van der Waals surface area (Å²) in [5.41, 5.74) is 6.90. The van der Waals surface area contributed by atoms with Crippen LogP contribution in [0.1, 0.15) is 44.9 Å². The Bertz CT molecular complexity index is 469. The molecule has 0 spiro atoms. The molecule has 4 nitrogen and oxygen atoms in total. The molecular formula is C20H35Cl2FN4. The Morgan fingerprint density at radius 2 is 1.63 bits per heavy atom. The number of nitrogens with zero attached hydrogens (tertiary/aromatic N) is 2. The van der Waals surface area contributed by atoms with Crippen molar-refractivity contribution in [1.82, 2.24) is 20.7 Å². The largest absolute Gasteiger partial charge is 0.300 e. The van der Waals surface area contributed by atoms with Crippen LogP contribution in [0.5, 0.6) is 0 Å². The third kappa shape index (κ3) is 5.10. The van der Waals surface area contributed by atoms with Crippen LogP contribution >= 0.6 is 23.2 Å². The van der Waals surface area contributed by atoms with Gasteiger partial charge in [0.1, 0.15) is 6.17 Å². The SMILES string of the molecule is FC1CCC(C2NNCC2CN2CCN(C3CCC(Cl)C(Cl)C3)CC2)CC1. The maximum Gasteiger partial charge on any atom is 0.100 e. The van der Waals surface area contributed by atoms with Crippen LogP contribution in [0.15, 0.2) is 0 Å². The van der Waals surface area contributed by atoms with Crippen molar-refractivity contribution in [3.8, 4) is 0 Å². The highest BCUT2D eigenvalue weighted by atomic mass is 35.5. The number of hydrazine groups is 1. The molecule has 2 aliphatic heterocycles. The lowest BCUT2D eigenvalue weighted by molar-refractivity contribution is 0.0673. The van der Waals surface area contributed by atoms with Crippen LogP contribution in [0.2, 0.25) is 0 Å². The Morgan fingerprint density at radius 3 is 2.33 bits per heavy atom. The lowest BCUT2D eigenvalue weighted by atomic mass is 9.79. The van der Waals surface area contributed by atoms with Crippen LogP contribution in [0.3, 0.4) is 0 Å². The lowest BCUT2D eigenvalue weighted by Crippen LogP contribution is -2.54. The minimum atomic E-state index is -0.566. The molecular weight excluding hydrogens is 386 g/mol. The van der Waals surface area contributed by atoms with Crippen LogP contribution in [0.25, 0.3) is 0 Å². The van der Waals surface area contributed by atoms with Crippen molar-refractivity contribution in [2.45, 2.75) is 74.0 Å². The van der Waals surface area contributed by atoms with Crippen LogP contribution in [0.4, 0.5) is 4.39 Å². The summed E-state index contributed by atoms with van der Waals surface area (Å²) in [6, 6.07) is 1.12. The van der Waals surface area contributed by atoms with Gasteiger partial charge in [-0.25, -0.2) is 4.39 Å². The minimum absolute atomic E-state index is 0.124. The molecule has 0 aromatic rings. The Balaban J connectivity index is 1.23. The third-order valence-electron chi connectivity index (χ3n) is 7.43. The standard InChI is InChI=1S/C20H35Cl2FN4/c21-18-6-5-17(11-19(18)22)27-9-7-26(8-10-27)13-15-12-24-25-20(15)14-1-3-16(23)4-2-14/h14-20,24-25H,1-13H2. The van der Waals surface area contributed by atoms with Crippen LogP contribution in [-0.4, -0.2) is 78.1 Å². The van der Waals surface area contributed by atoms with Crippen molar-refractivity contribution in [3.63, 3.8) is 0 Å². The summed E-state index contributed by atoms with van der Waals surface area (Å²) in [6.07, 6.45) is 6.27. The molecule has 5 unspecified atom stereocenters. The average Bonchev–Trinajstić information content (AvgIpc) is 3.13. The maximum absolute atomic E-state index is 13.5. The van der Waals surface area contributed by atoms with Crippen molar-refractivity contribution in [2.75, 3.05) is 39.3 Å². The van der Waals surface area contributed by atoms with Crippen molar-refractivity contribution in [3.05, 3.63) is 0 Å². The van der Waals surface area contributed by atoms with E-state index in [1.165, 1.54) is 6.42 Å². The third-order valence-corrected chi connectivity index (χ3v) is 8.57. The summed E-state index contributed by atoms with van der Waals surface area (Å²) in [7, 11) is 0. The monoisotopic (exact) mass is 420 g/mol. The fourth-order valence-corrected chi connectivity index (χ4v) is 6.26. The van der Waals surface area contributed by atoms with Gasteiger partial charge in [-0.2, -0.15) is 0 Å². The quantitative estimate of drug-likeness (QED) is 0.684. The number of halogens is 3. The number of nitrogens with one attached hydrogen (secondary N) is 2. The van der Waals surface area contributed by atoms with Crippen molar-refractivity contribution in [1.29, 1.82) is 0 Å². The van der Waals surface area contributed by atoms with Crippen molar-refractivity contribution in [2.24, 2.45) is 11.8 Å². The molecule has 0 amide bonds. The first-order chi connectivity index (χ1) is 13.1. The highest BCUT2D eigenvalue weighted by Gasteiger charge is 2.38. The zero-order valence-electron chi connectivity index (χ0n) is 16.3. The molecule has 0 radical (unpaired) electrons. The molecule has 2 saturated carbocycles. The predicted octanol–water partition coefficient (Wildman–Crippen LogP) is 2.99. The van der Waals surface area contributed by atoms with Crippen molar-refractivity contribution < 1.29 is 4.39 Å². The summed E-state index contributed by atoms with van der Waals surface area (Å²) in [4.78, 5) is 5.27. The van der Waals surface area contributed by atoms with Gasteiger partial charge in [0, 0.05) is 57.3 Å². The molecule has 4 aliphatic rings. The maximum atomic E-state index is 13.5. The molecule has 7 heteroatoms. The van der Waals surface area contributed by atoms with E-state index in [0.717, 1.165) is 77.8 Å². The first kappa shape index (κ1) is 20.6. The molecule has 0 aromatic carbocycles. The number of piperazine rings is 1. The molecule has 0 aromatic heterocycles. The van der Waals surface area contributed by atoms with E-state index in [2.05, 4.69) is 20.7 Å². The molecule has 2 aliphatic carbocycles. The highest BCUT2D eigenvalue weighted by molar-refractivity contribution is 6.30. The van der Waals surface area contributed by atoms with Gasteiger partial charge in [0.05, 0.1) is 10.8 Å². The first-order valence-electron chi connectivity index (χ1n) is 11.0. The van der Waals surface area contributed by atoms with E-state index in [1.54, 1.807) is 0 Å². The molecule has 5 atom stereocenters. The molecule has 2 saturated heterocycles. The Labute approximate surface area is 173 Å². The van der Waals surface area contributed by atoms with E-state index in [0.29, 0.717) is 23.9 Å². The molecule has 2 heterocycles. The molecule has 4 rings (SSSR count). The molecule has 2 N–H and O–H groups in total. The van der Waals surface area contributed by atoms with Gasteiger partial charge in [-0.15, -0.1) is 23.2 Å². The average molecular weight is 421 g/mol. The normalized spacial score (nSPS) is 45.2. The van der Waals surface area contributed by atoms with Gasteiger partial charge in [-0.05, 0) is 50.9 Å².